The summed E-state index contributed by atoms with van der Waals surface area (Å²) in [7, 11) is 0. The Hall–Kier alpha value is -1.56. The fourth-order valence-electron chi connectivity index (χ4n) is 3.21. The van der Waals surface area contributed by atoms with Crippen LogP contribution in [-0.2, 0) is 5.41 Å². The van der Waals surface area contributed by atoms with E-state index in [9.17, 15) is 0 Å². The van der Waals surface area contributed by atoms with Crippen molar-refractivity contribution in [3.8, 4) is 0 Å². The third-order valence-electron chi connectivity index (χ3n) is 4.28. The molecule has 3 rings (SSSR count). The Morgan fingerprint density at radius 3 is 1.56 bits per heavy atom. The van der Waals surface area contributed by atoms with E-state index >= 15 is 0 Å². The second-order valence-electron chi connectivity index (χ2n) is 5.34. The van der Waals surface area contributed by atoms with Gasteiger partial charge in [0.25, 0.3) is 0 Å². The van der Waals surface area contributed by atoms with Gasteiger partial charge in [-0.1, -0.05) is 48.5 Å². The Kier molecular flexibility index (Phi) is 2.74. The largest absolute Gasteiger partial charge is 0.0620 e. The highest BCUT2D eigenvalue weighted by molar-refractivity contribution is 5.51. The highest BCUT2D eigenvalue weighted by Crippen LogP contribution is 2.49. The van der Waals surface area contributed by atoms with E-state index in [0.717, 1.165) is 0 Å². The lowest BCUT2D eigenvalue weighted by atomic mass is 9.59. The first kappa shape index (κ1) is 11.5. The van der Waals surface area contributed by atoms with Crippen molar-refractivity contribution in [2.45, 2.75) is 32.1 Å². The quantitative estimate of drug-likeness (QED) is 0.714. The van der Waals surface area contributed by atoms with Crippen LogP contribution in [0.25, 0.3) is 0 Å². The molecule has 1 radical (unpaired) electrons. The summed E-state index contributed by atoms with van der Waals surface area (Å²) in [5, 5.41) is 0. The fourth-order valence-corrected chi connectivity index (χ4v) is 3.21. The molecular weight excluding hydrogens is 216 g/mol. The van der Waals surface area contributed by atoms with Crippen LogP contribution in [0.1, 0.15) is 35.1 Å². The van der Waals surface area contributed by atoms with Crippen LogP contribution in [0.2, 0.25) is 0 Å². The van der Waals surface area contributed by atoms with E-state index in [4.69, 9.17) is 0 Å². The third kappa shape index (κ3) is 1.59. The zero-order chi connectivity index (χ0) is 12.6. The standard InChI is InChI=1S/C18H19/c1-14-8-3-5-10-16(14)18(12-7-13-18)17-11-6-4-9-15(17)2/h3-6,8-12H,7,13H2,1-2H3. The van der Waals surface area contributed by atoms with Crippen molar-refractivity contribution in [1.29, 1.82) is 0 Å². The molecule has 0 amide bonds. The monoisotopic (exact) mass is 235 g/mol. The number of benzene rings is 2. The zero-order valence-electron chi connectivity index (χ0n) is 11.1. The van der Waals surface area contributed by atoms with Gasteiger partial charge in [0.15, 0.2) is 0 Å². The Labute approximate surface area is 110 Å². The van der Waals surface area contributed by atoms with Crippen LogP contribution in [0.4, 0.5) is 0 Å². The van der Waals surface area contributed by atoms with E-state index < -0.39 is 0 Å². The van der Waals surface area contributed by atoms with Crippen molar-refractivity contribution in [2.75, 3.05) is 0 Å². The molecule has 0 saturated heterocycles. The van der Waals surface area contributed by atoms with E-state index in [-0.39, 0.29) is 5.41 Å². The summed E-state index contributed by atoms with van der Waals surface area (Å²) < 4.78 is 0. The van der Waals surface area contributed by atoms with Gasteiger partial charge in [0.05, 0.1) is 0 Å². The van der Waals surface area contributed by atoms with Gasteiger partial charge in [0.1, 0.15) is 0 Å². The molecular formula is C18H19. The summed E-state index contributed by atoms with van der Waals surface area (Å²) in [6, 6.07) is 17.6. The Morgan fingerprint density at radius 1 is 0.778 bits per heavy atom. The van der Waals surface area contributed by atoms with E-state index in [1.54, 1.807) is 0 Å². The first-order chi connectivity index (χ1) is 8.74. The fraction of sp³-hybridized carbons (Fsp3) is 0.278. The van der Waals surface area contributed by atoms with Crippen LogP contribution in [0.5, 0.6) is 0 Å². The Bertz CT molecular complexity index is 514. The molecule has 0 atom stereocenters. The molecule has 18 heavy (non-hydrogen) atoms. The summed E-state index contributed by atoms with van der Waals surface area (Å²) in [4.78, 5) is 0. The molecule has 0 bridgehead atoms. The van der Waals surface area contributed by atoms with Gasteiger partial charge < -0.3 is 0 Å². The maximum atomic E-state index is 2.48. The van der Waals surface area contributed by atoms with E-state index in [0.29, 0.717) is 0 Å². The molecule has 1 fully saturated rings. The predicted molar refractivity (Wildman–Crippen MR) is 76.7 cm³/mol. The molecule has 1 saturated carbocycles. The minimum absolute atomic E-state index is 0.163. The molecule has 0 aliphatic heterocycles. The van der Waals surface area contributed by atoms with Crippen LogP contribution >= 0.6 is 0 Å². The lowest BCUT2D eigenvalue weighted by Gasteiger charge is -2.44. The molecule has 1 aliphatic carbocycles. The minimum atomic E-state index is 0.163. The molecule has 1 aliphatic rings. The molecule has 0 heterocycles. The average molecular weight is 235 g/mol. The highest BCUT2D eigenvalue weighted by Gasteiger charge is 2.41. The second kappa shape index (κ2) is 4.28. The van der Waals surface area contributed by atoms with Crippen molar-refractivity contribution in [1.82, 2.24) is 0 Å². The van der Waals surface area contributed by atoms with Crippen molar-refractivity contribution >= 4 is 0 Å². The molecule has 0 aromatic heterocycles. The van der Waals surface area contributed by atoms with E-state index in [1.807, 2.05) is 0 Å². The van der Waals surface area contributed by atoms with Crippen LogP contribution in [0.3, 0.4) is 0 Å². The molecule has 0 unspecified atom stereocenters. The molecule has 0 N–H and O–H groups in total. The number of hydrogen-bond acceptors (Lipinski definition) is 0. The van der Waals surface area contributed by atoms with Gasteiger partial charge in [0, 0.05) is 5.41 Å². The topological polar surface area (TPSA) is 0 Å². The summed E-state index contributed by atoms with van der Waals surface area (Å²) in [6.07, 6.45) is 4.95. The summed E-state index contributed by atoms with van der Waals surface area (Å²) >= 11 is 0. The Balaban J connectivity index is 2.17. The normalized spacial score (nSPS) is 17.2. The Morgan fingerprint density at radius 2 is 1.22 bits per heavy atom. The minimum Gasteiger partial charge on any atom is -0.0620 e. The molecule has 2 aromatic rings. The zero-order valence-corrected chi connectivity index (χ0v) is 11.1. The lowest BCUT2D eigenvalue weighted by Crippen LogP contribution is -2.37. The number of rotatable bonds is 2. The smallest absolute Gasteiger partial charge is 0.0239 e. The van der Waals surface area contributed by atoms with Crippen LogP contribution < -0.4 is 0 Å². The lowest BCUT2D eigenvalue weighted by molar-refractivity contribution is 0.415. The summed E-state index contributed by atoms with van der Waals surface area (Å²) in [5.41, 5.74) is 5.92. The van der Waals surface area contributed by atoms with Gasteiger partial charge in [-0.2, -0.15) is 0 Å². The van der Waals surface area contributed by atoms with Crippen molar-refractivity contribution in [3.05, 3.63) is 77.2 Å². The van der Waals surface area contributed by atoms with Gasteiger partial charge >= 0.3 is 0 Å². The van der Waals surface area contributed by atoms with Gasteiger partial charge in [-0.15, -0.1) is 0 Å². The van der Waals surface area contributed by atoms with Crippen molar-refractivity contribution < 1.29 is 0 Å². The maximum Gasteiger partial charge on any atom is 0.0239 e. The van der Waals surface area contributed by atoms with Crippen LogP contribution in [-0.4, -0.2) is 0 Å². The van der Waals surface area contributed by atoms with Gasteiger partial charge in [0.2, 0.25) is 0 Å². The van der Waals surface area contributed by atoms with Gasteiger partial charge in [-0.05, 0) is 55.4 Å². The molecule has 0 nitrogen and oxygen atoms in total. The number of hydrogen-bond donors (Lipinski definition) is 0. The highest BCUT2D eigenvalue weighted by atomic mass is 14.4. The number of aryl methyl sites for hydroxylation is 2. The first-order valence-electron chi connectivity index (χ1n) is 6.71. The van der Waals surface area contributed by atoms with Crippen molar-refractivity contribution in [2.24, 2.45) is 0 Å². The second-order valence-corrected chi connectivity index (χ2v) is 5.34. The first-order valence-corrected chi connectivity index (χ1v) is 6.71. The van der Waals surface area contributed by atoms with Crippen LogP contribution in [0, 0.1) is 20.3 Å². The molecule has 2 aromatic carbocycles. The average Bonchev–Trinajstić information content (AvgIpc) is 2.32. The predicted octanol–water partition coefficient (Wildman–Crippen LogP) is 4.59. The summed E-state index contributed by atoms with van der Waals surface area (Å²) in [6.45, 7) is 4.45. The van der Waals surface area contributed by atoms with E-state index in [2.05, 4.69) is 68.8 Å². The molecule has 0 spiro atoms. The van der Waals surface area contributed by atoms with E-state index in [1.165, 1.54) is 35.1 Å². The van der Waals surface area contributed by atoms with Gasteiger partial charge in [-0.3, -0.25) is 0 Å². The van der Waals surface area contributed by atoms with Crippen molar-refractivity contribution in [3.63, 3.8) is 0 Å². The summed E-state index contributed by atoms with van der Waals surface area (Å²) in [5.74, 6) is 0. The van der Waals surface area contributed by atoms with Gasteiger partial charge in [-0.25, -0.2) is 0 Å². The van der Waals surface area contributed by atoms with Crippen LogP contribution in [0.15, 0.2) is 48.5 Å². The SMILES string of the molecule is Cc1ccccc1C1(c2ccccc2C)[CH]CC1. The third-order valence-corrected chi connectivity index (χ3v) is 4.28. The maximum absolute atomic E-state index is 2.48. The molecule has 0 heteroatoms. The molecule has 91 valence electrons.